The van der Waals surface area contributed by atoms with Crippen LogP contribution in [-0.4, -0.2) is 11.0 Å². The summed E-state index contributed by atoms with van der Waals surface area (Å²) < 4.78 is 0. The van der Waals surface area contributed by atoms with Crippen LogP contribution in [0.25, 0.3) is 0 Å². The first-order valence-corrected chi connectivity index (χ1v) is 6.01. The number of halogens is 1. The monoisotopic (exact) mass is 276 g/mol. The number of amides is 1. The molecule has 98 valence electrons. The molecule has 0 aliphatic heterocycles. The van der Waals surface area contributed by atoms with E-state index in [1.165, 1.54) is 6.07 Å². The van der Waals surface area contributed by atoms with E-state index in [-0.39, 0.29) is 11.7 Å². The van der Waals surface area contributed by atoms with E-state index in [1.807, 2.05) is 0 Å². The van der Waals surface area contributed by atoms with Crippen molar-refractivity contribution in [3.63, 3.8) is 0 Å². The first kappa shape index (κ1) is 13.2. The van der Waals surface area contributed by atoms with Crippen molar-refractivity contribution in [2.75, 3.05) is 11.1 Å². The molecule has 5 heteroatoms. The normalized spacial score (nSPS) is 10.2. The lowest BCUT2D eigenvalue weighted by molar-refractivity contribution is 0.102. The van der Waals surface area contributed by atoms with Crippen molar-refractivity contribution in [2.24, 2.45) is 0 Å². The Morgan fingerprint density at radius 2 is 2.00 bits per heavy atom. The number of phenols is 1. The summed E-state index contributed by atoms with van der Waals surface area (Å²) in [6.07, 6.45) is 0. The fourth-order valence-corrected chi connectivity index (χ4v) is 1.82. The Morgan fingerprint density at radius 3 is 2.63 bits per heavy atom. The lowest BCUT2D eigenvalue weighted by Gasteiger charge is -2.09. The number of aromatic hydroxyl groups is 1. The second-order valence-electron chi connectivity index (χ2n) is 4.19. The number of carbonyl (C=O) groups is 1. The molecule has 0 aliphatic carbocycles. The first-order chi connectivity index (χ1) is 8.97. The minimum atomic E-state index is -0.294. The minimum absolute atomic E-state index is 0.155. The zero-order valence-corrected chi connectivity index (χ0v) is 11.0. The summed E-state index contributed by atoms with van der Waals surface area (Å²) in [5.74, 6) is -0.139. The van der Waals surface area contributed by atoms with Crippen LogP contribution >= 0.6 is 11.6 Å². The van der Waals surface area contributed by atoms with Crippen LogP contribution in [0.2, 0.25) is 5.02 Å². The van der Waals surface area contributed by atoms with Crippen LogP contribution in [0.1, 0.15) is 15.9 Å². The zero-order valence-electron chi connectivity index (χ0n) is 10.3. The first-order valence-electron chi connectivity index (χ1n) is 5.63. The largest absolute Gasteiger partial charge is 0.508 e. The van der Waals surface area contributed by atoms with Gasteiger partial charge >= 0.3 is 0 Å². The van der Waals surface area contributed by atoms with Crippen LogP contribution in [-0.2, 0) is 0 Å². The second-order valence-corrected chi connectivity index (χ2v) is 4.62. The van der Waals surface area contributed by atoms with Crippen LogP contribution < -0.4 is 11.1 Å². The lowest BCUT2D eigenvalue weighted by Crippen LogP contribution is -2.13. The summed E-state index contributed by atoms with van der Waals surface area (Å²) in [4.78, 5) is 12.0. The molecule has 4 N–H and O–H groups in total. The molecular weight excluding hydrogens is 264 g/mol. The maximum atomic E-state index is 12.0. The van der Waals surface area contributed by atoms with Gasteiger partial charge in [0.05, 0.1) is 11.4 Å². The SMILES string of the molecule is Cc1cc(C(=O)Nc2ccc(Cl)cc2N)ccc1O. The Morgan fingerprint density at radius 1 is 1.26 bits per heavy atom. The number of hydrogen-bond acceptors (Lipinski definition) is 3. The molecule has 0 aliphatic rings. The van der Waals surface area contributed by atoms with Gasteiger partial charge < -0.3 is 16.2 Å². The molecule has 2 aromatic rings. The maximum absolute atomic E-state index is 12.0. The highest BCUT2D eigenvalue weighted by Crippen LogP contribution is 2.24. The number of nitrogens with one attached hydrogen (secondary N) is 1. The van der Waals surface area contributed by atoms with Gasteiger partial charge in [0.1, 0.15) is 5.75 Å². The lowest BCUT2D eigenvalue weighted by atomic mass is 10.1. The molecule has 0 fully saturated rings. The van der Waals surface area contributed by atoms with E-state index in [2.05, 4.69) is 5.32 Å². The molecule has 0 aromatic heterocycles. The van der Waals surface area contributed by atoms with Gasteiger partial charge in [-0.05, 0) is 48.9 Å². The van der Waals surface area contributed by atoms with Gasteiger partial charge in [0.15, 0.2) is 0 Å². The Kier molecular flexibility index (Phi) is 3.62. The molecule has 2 rings (SSSR count). The smallest absolute Gasteiger partial charge is 0.255 e. The van der Waals surface area contributed by atoms with Gasteiger partial charge in [-0.1, -0.05) is 11.6 Å². The fraction of sp³-hybridized carbons (Fsp3) is 0.0714. The average molecular weight is 277 g/mol. The number of nitrogens with two attached hydrogens (primary N) is 1. The van der Waals surface area contributed by atoms with Crippen molar-refractivity contribution >= 4 is 28.9 Å². The van der Waals surface area contributed by atoms with Gasteiger partial charge in [-0.15, -0.1) is 0 Å². The standard InChI is InChI=1S/C14H13ClN2O2/c1-8-6-9(2-5-13(8)18)14(19)17-12-4-3-10(15)7-11(12)16/h2-7,18H,16H2,1H3,(H,17,19). The third kappa shape index (κ3) is 2.98. The van der Waals surface area contributed by atoms with Gasteiger partial charge in [-0.25, -0.2) is 0 Å². The Bertz CT molecular complexity index is 641. The molecular formula is C14H13ClN2O2. The molecule has 0 unspecified atom stereocenters. The summed E-state index contributed by atoms with van der Waals surface area (Å²) in [6.45, 7) is 1.72. The van der Waals surface area contributed by atoms with E-state index < -0.39 is 0 Å². The summed E-state index contributed by atoms with van der Waals surface area (Å²) in [5.41, 5.74) is 7.75. The summed E-state index contributed by atoms with van der Waals surface area (Å²) in [7, 11) is 0. The van der Waals surface area contributed by atoms with Crippen molar-refractivity contribution < 1.29 is 9.90 Å². The number of nitrogen functional groups attached to an aromatic ring is 1. The van der Waals surface area contributed by atoms with Gasteiger partial charge in [0.25, 0.3) is 5.91 Å². The molecule has 0 saturated carbocycles. The van der Waals surface area contributed by atoms with Crippen molar-refractivity contribution in [3.8, 4) is 5.75 Å². The van der Waals surface area contributed by atoms with Gasteiger partial charge in [-0.2, -0.15) is 0 Å². The minimum Gasteiger partial charge on any atom is -0.508 e. The second kappa shape index (κ2) is 5.20. The van der Waals surface area contributed by atoms with E-state index in [4.69, 9.17) is 17.3 Å². The molecule has 2 aromatic carbocycles. The zero-order chi connectivity index (χ0) is 14.0. The van der Waals surface area contributed by atoms with E-state index in [9.17, 15) is 9.90 Å². The highest BCUT2D eigenvalue weighted by atomic mass is 35.5. The van der Waals surface area contributed by atoms with Crippen LogP contribution in [0.3, 0.4) is 0 Å². The highest BCUT2D eigenvalue weighted by Gasteiger charge is 2.09. The molecule has 19 heavy (non-hydrogen) atoms. The molecule has 0 atom stereocenters. The number of aryl methyl sites for hydroxylation is 1. The van der Waals surface area contributed by atoms with Crippen molar-refractivity contribution in [1.29, 1.82) is 0 Å². The molecule has 0 radical (unpaired) electrons. The summed E-state index contributed by atoms with van der Waals surface area (Å²) >= 11 is 5.79. The van der Waals surface area contributed by atoms with Crippen molar-refractivity contribution in [1.82, 2.24) is 0 Å². The Balaban J connectivity index is 2.23. The molecule has 1 amide bonds. The van der Waals surface area contributed by atoms with E-state index >= 15 is 0 Å². The van der Waals surface area contributed by atoms with Crippen LogP contribution in [0.4, 0.5) is 11.4 Å². The van der Waals surface area contributed by atoms with Crippen molar-refractivity contribution in [2.45, 2.75) is 6.92 Å². The molecule has 4 nitrogen and oxygen atoms in total. The molecule has 0 bridgehead atoms. The van der Waals surface area contributed by atoms with Crippen LogP contribution in [0, 0.1) is 6.92 Å². The van der Waals surface area contributed by atoms with Gasteiger partial charge in [0.2, 0.25) is 0 Å². The van der Waals surface area contributed by atoms with Crippen molar-refractivity contribution in [3.05, 3.63) is 52.5 Å². The number of benzene rings is 2. The maximum Gasteiger partial charge on any atom is 0.255 e. The highest BCUT2D eigenvalue weighted by molar-refractivity contribution is 6.31. The predicted molar refractivity (Wildman–Crippen MR) is 76.7 cm³/mol. The fourth-order valence-electron chi connectivity index (χ4n) is 1.64. The molecule has 0 spiro atoms. The summed E-state index contributed by atoms with van der Waals surface area (Å²) in [5, 5.41) is 12.6. The van der Waals surface area contributed by atoms with E-state index in [0.717, 1.165) is 0 Å². The number of rotatable bonds is 2. The number of hydrogen-bond donors (Lipinski definition) is 3. The van der Waals surface area contributed by atoms with Crippen LogP contribution in [0.5, 0.6) is 5.75 Å². The number of carbonyl (C=O) groups excluding carboxylic acids is 1. The topological polar surface area (TPSA) is 75.4 Å². The Hall–Kier alpha value is -2.20. The third-order valence-electron chi connectivity index (χ3n) is 2.72. The van der Waals surface area contributed by atoms with Gasteiger partial charge in [-0.3, -0.25) is 4.79 Å². The Labute approximate surface area is 115 Å². The van der Waals surface area contributed by atoms with Crippen LogP contribution in [0.15, 0.2) is 36.4 Å². The van der Waals surface area contributed by atoms with E-state index in [0.29, 0.717) is 27.5 Å². The number of anilines is 2. The van der Waals surface area contributed by atoms with E-state index in [1.54, 1.807) is 37.3 Å². The predicted octanol–water partition coefficient (Wildman–Crippen LogP) is 3.19. The third-order valence-corrected chi connectivity index (χ3v) is 2.96. The average Bonchev–Trinajstić information content (AvgIpc) is 2.36. The quantitative estimate of drug-likeness (QED) is 0.737. The van der Waals surface area contributed by atoms with Gasteiger partial charge in [0, 0.05) is 10.6 Å². The number of phenolic OH excluding ortho intramolecular Hbond substituents is 1. The molecule has 0 heterocycles. The molecule has 0 saturated heterocycles. The summed E-state index contributed by atoms with van der Waals surface area (Å²) in [6, 6.07) is 9.49.